The van der Waals surface area contributed by atoms with Crippen LogP contribution in [0.3, 0.4) is 0 Å². The number of carboxylic acid groups (broad SMARTS) is 1. The van der Waals surface area contributed by atoms with Gasteiger partial charge in [0.05, 0.1) is 30.7 Å². The summed E-state index contributed by atoms with van der Waals surface area (Å²) >= 11 is 0. The topological polar surface area (TPSA) is 79.2 Å². The number of amides is 1. The van der Waals surface area contributed by atoms with Crippen molar-refractivity contribution in [2.75, 3.05) is 6.61 Å². The van der Waals surface area contributed by atoms with Crippen LogP contribution in [0.2, 0.25) is 0 Å². The van der Waals surface area contributed by atoms with Gasteiger partial charge in [-0.2, -0.15) is 5.10 Å². The predicted octanol–water partition coefficient (Wildman–Crippen LogP) is 7.42. The van der Waals surface area contributed by atoms with Crippen LogP contribution in [0.25, 0.3) is 11.1 Å². The third-order valence-electron chi connectivity index (χ3n) is 7.75. The number of carbonyl (C=O) groups is 2. The van der Waals surface area contributed by atoms with E-state index in [9.17, 15) is 14.7 Å². The molecule has 1 aliphatic rings. The Kier molecular flexibility index (Phi) is 9.01. The van der Waals surface area contributed by atoms with Gasteiger partial charge in [0, 0.05) is 5.56 Å². The summed E-state index contributed by atoms with van der Waals surface area (Å²) in [5, 5.41) is 15.7. The Balaban J connectivity index is 1.38. The average Bonchev–Trinajstić information content (AvgIpc) is 3.12. The van der Waals surface area contributed by atoms with Crippen molar-refractivity contribution in [1.29, 1.82) is 0 Å². The first-order valence-electron chi connectivity index (χ1n) is 14.4. The van der Waals surface area contributed by atoms with Crippen LogP contribution >= 0.6 is 0 Å². The van der Waals surface area contributed by atoms with Crippen molar-refractivity contribution in [3.63, 3.8) is 0 Å². The standard InChI is InChI=1S/C35H42N2O4/c1-7-41-30-20-17-27(21-28(30)22-32(38)39)26-15-11-24(12-16-26)9-8-10-31-35(5,6)33(40)37(36-31)23-25-13-18-29(19-14-25)34(2,3)4/h11-21H,7-10,22-23H2,1-6H3,(H,38,39). The van der Waals surface area contributed by atoms with Crippen LogP contribution in [-0.2, 0) is 34.4 Å². The van der Waals surface area contributed by atoms with Crippen molar-refractivity contribution in [2.45, 2.75) is 79.2 Å². The number of ether oxygens (including phenoxy) is 1. The highest BCUT2D eigenvalue weighted by molar-refractivity contribution is 6.11. The molecule has 0 atom stereocenters. The predicted molar refractivity (Wildman–Crippen MR) is 164 cm³/mol. The summed E-state index contributed by atoms with van der Waals surface area (Å²) in [4.78, 5) is 24.5. The van der Waals surface area contributed by atoms with Gasteiger partial charge < -0.3 is 9.84 Å². The number of benzene rings is 3. The van der Waals surface area contributed by atoms with Gasteiger partial charge in [0.1, 0.15) is 5.75 Å². The smallest absolute Gasteiger partial charge is 0.307 e. The maximum atomic E-state index is 13.2. The summed E-state index contributed by atoms with van der Waals surface area (Å²) < 4.78 is 5.61. The van der Waals surface area contributed by atoms with E-state index in [4.69, 9.17) is 9.84 Å². The van der Waals surface area contributed by atoms with Crippen LogP contribution < -0.4 is 4.74 Å². The number of nitrogens with zero attached hydrogens (tertiary/aromatic N) is 2. The molecule has 0 saturated carbocycles. The number of carbonyl (C=O) groups excluding carboxylic acids is 1. The summed E-state index contributed by atoms with van der Waals surface area (Å²) in [5.74, 6) is -0.217. The molecule has 41 heavy (non-hydrogen) atoms. The van der Waals surface area contributed by atoms with Crippen molar-refractivity contribution in [3.8, 4) is 16.9 Å². The van der Waals surface area contributed by atoms with E-state index >= 15 is 0 Å². The zero-order valence-electron chi connectivity index (χ0n) is 25.2. The van der Waals surface area contributed by atoms with Gasteiger partial charge in [0.2, 0.25) is 0 Å². The zero-order valence-corrected chi connectivity index (χ0v) is 25.2. The molecule has 1 amide bonds. The van der Waals surface area contributed by atoms with E-state index in [1.165, 1.54) is 11.1 Å². The van der Waals surface area contributed by atoms with Gasteiger partial charge >= 0.3 is 5.97 Å². The normalized spacial score (nSPS) is 14.7. The number of hydrogen-bond donors (Lipinski definition) is 1. The zero-order chi connectivity index (χ0) is 29.8. The quantitative estimate of drug-likeness (QED) is 0.267. The van der Waals surface area contributed by atoms with Crippen molar-refractivity contribution >= 4 is 17.6 Å². The van der Waals surface area contributed by atoms with Crippen LogP contribution in [-0.4, -0.2) is 34.3 Å². The molecular formula is C35H42N2O4. The van der Waals surface area contributed by atoms with Gasteiger partial charge in [-0.25, -0.2) is 5.01 Å². The molecule has 0 saturated heterocycles. The molecule has 6 heteroatoms. The number of rotatable bonds is 11. The van der Waals surface area contributed by atoms with Crippen molar-refractivity contribution in [2.24, 2.45) is 10.5 Å². The summed E-state index contributed by atoms with van der Waals surface area (Å²) in [7, 11) is 0. The molecule has 6 nitrogen and oxygen atoms in total. The molecule has 3 aromatic carbocycles. The monoisotopic (exact) mass is 554 g/mol. The highest BCUT2D eigenvalue weighted by Crippen LogP contribution is 2.33. The van der Waals surface area contributed by atoms with Gasteiger partial charge in [0.15, 0.2) is 0 Å². The molecule has 0 unspecified atom stereocenters. The SMILES string of the molecule is CCOc1ccc(-c2ccc(CCCC3=NN(Cc4ccc(C(C)(C)C)cc4)C(=O)C3(C)C)cc2)cc1CC(=O)O. The van der Waals surface area contributed by atoms with E-state index in [0.29, 0.717) is 24.5 Å². The fraction of sp³-hybridized carbons (Fsp3) is 0.400. The van der Waals surface area contributed by atoms with Crippen LogP contribution in [0.4, 0.5) is 0 Å². The highest BCUT2D eigenvalue weighted by Gasteiger charge is 2.42. The van der Waals surface area contributed by atoms with Gasteiger partial charge in [-0.15, -0.1) is 0 Å². The Morgan fingerprint density at radius 1 is 0.927 bits per heavy atom. The van der Waals surface area contributed by atoms with Crippen LogP contribution in [0, 0.1) is 5.41 Å². The number of aliphatic carboxylic acids is 1. The number of hydrogen-bond acceptors (Lipinski definition) is 4. The minimum atomic E-state index is -0.881. The second kappa shape index (κ2) is 12.3. The minimum absolute atomic E-state index is 0.0503. The lowest BCUT2D eigenvalue weighted by atomic mass is 9.84. The fourth-order valence-electron chi connectivity index (χ4n) is 5.20. The Morgan fingerprint density at radius 3 is 2.17 bits per heavy atom. The minimum Gasteiger partial charge on any atom is -0.494 e. The van der Waals surface area contributed by atoms with Gasteiger partial charge in [0.25, 0.3) is 5.91 Å². The second-order valence-electron chi connectivity index (χ2n) is 12.4. The van der Waals surface area contributed by atoms with Gasteiger partial charge in [-0.3, -0.25) is 9.59 Å². The first kappa shape index (κ1) is 30.0. The summed E-state index contributed by atoms with van der Waals surface area (Å²) in [6.45, 7) is 13.4. The largest absolute Gasteiger partial charge is 0.494 e. The Morgan fingerprint density at radius 2 is 1.56 bits per heavy atom. The molecule has 0 aliphatic carbocycles. The maximum Gasteiger partial charge on any atom is 0.307 e. The Bertz CT molecular complexity index is 1410. The Hall–Kier alpha value is -3.93. The molecule has 0 spiro atoms. The number of aryl methyl sites for hydroxylation is 1. The highest BCUT2D eigenvalue weighted by atomic mass is 16.5. The van der Waals surface area contributed by atoms with Crippen molar-refractivity contribution < 1.29 is 19.4 Å². The molecule has 1 aliphatic heterocycles. The lowest BCUT2D eigenvalue weighted by Crippen LogP contribution is -2.34. The Labute approximate surface area is 244 Å². The van der Waals surface area contributed by atoms with Crippen LogP contribution in [0.15, 0.2) is 71.8 Å². The van der Waals surface area contributed by atoms with Gasteiger partial charge in [-0.05, 0) is 85.4 Å². The molecule has 1 N–H and O–H groups in total. The summed E-state index contributed by atoms with van der Waals surface area (Å²) in [6.07, 6.45) is 2.46. The first-order chi connectivity index (χ1) is 19.4. The van der Waals surface area contributed by atoms with Crippen LogP contribution in [0.5, 0.6) is 5.75 Å². The van der Waals surface area contributed by atoms with E-state index in [2.05, 4.69) is 69.3 Å². The van der Waals surface area contributed by atoms with E-state index in [1.54, 1.807) is 5.01 Å². The summed E-state index contributed by atoms with van der Waals surface area (Å²) in [5.41, 5.74) is 6.66. The molecule has 216 valence electrons. The lowest BCUT2D eigenvalue weighted by Gasteiger charge is -2.21. The molecule has 4 rings (SSSR count). The lowest BCUT2D eigenvalue weighted by molar-refractivity contribution is -0.136. The van der Waals surface area contributed by atoms with E-state index < -0.39 is 11.4 Å². The summed E-state index contributed by atoms with van der Waals surface area (Å²) in [6, 6.07) is 22.6. The van der Waals surface area contributed by atoms with E-state index in [-0.39, 0.29) is 17.7 Å². The average molecular weight is 555 g/mol. The number of hydrazone groups is 1. The van der Waals surface area contributed by atoms with Crippen molar-refractivity contribution in [1.82, 2.24) is 5.01 Å². The molecule has 0 aromatic heterocycles. The second-order valence-corrected chi connectivity index (χ2v) is 12.4. The molecule has 0 bridgehead atoms. The van der Waals surface area contributed by atoms with Gasteiger partial charge in [-0.1, -0.05) is 75.4 Å². The van der Waals surface area contributed by atoms with E-state index in [1.807, 2.05) is 39.0 Å². The molecular weight excluding hydrogens is 512 g/mol. The third-order valence-corrected chi connectivity index (χ3v) is 7.75. The van der Waals surface area contributed by atoms with Crippen LogP contribution in [0.1, 0.15) is 76.6 Å². The molecule has 0 radical (unpaired) electrons. The number of carboxylic acids is 1. The molecule has 3 aromatic rings. The molecule has 1 heterocycles. The maximum absolute atomic E-state index is 13.2. The fourth-order valence-corrected chi connectivity index (χ4v) is 5.20. The van der Waals surface area contributed by atoms with Crippen molar-refractivity contribution in [3.05, 3.63) is 89.0 Å². The van der Waals surface area contributed by atoms with E-state index in [0.717, 1.165) is 41.7 Å². The first-order valence-corrected chi connectivity index (χ1v) is 14.4. The molecule has 0 fully saturated rings. The third kappa shape index (κ3) is 7.24.